The molecule has 0 saturated carbocycles. The first-order chi connectivity index (χ1) is 2.77. The van der Waals surface area contributed by atoms with E-state index in [1.54, 1.807) is 0 Å². The lowest BCUT2D eigenvalue weighted by Crippen LogP contribution is -2.29. The molecule has 0 aromatic heterocycles. The predicted molar refractivity (Wildman–Crippen MR) is 29.6 cm³/mol. The zero-order chi connectivity index (χ0) is 4.99. The molecule has 0 aliphatic rings. The standard InChI is InChI=1S/CH5FN2SSi/c2-6-4-1(3)5/h6H2,(H3,3,4,5). The van der Waals surface area contributed by atoms with E-state index in [9.17, 15) is 4.11 Å². The molecule has 0 unspecified atom stereocenters. The van der Waals surface area contributed by atoms with Crippen molar-refractivity contribution < 1.29 is 4.11 Å². The second-order valence-corrected chi connectivity index (χ2v) is 1.74. The number of halogens is 1. The van der Waals surface area contributed by atoms with Crippen LogP contribution in [0.15, 0.2) is 0 Å². The number of hydrogen-bond acceptors (Lipinski definition) is 1. The average molecular weight is 124 g/mol. The van der Waals surface area contributed by atoms with Gasteiger partial charge in [-0.3, -0.25) is 4.11 Å². The van der Waals surface area contributed by atoms with Gasteiger partial charge in [0.2, 0.25) is 0 Å². The van der Waals surface area contributed by atoms with Gasteiger partial charge in [-0.25, -0.2) is 0 Å². The van der Waals surface area contributed by atoms with E-state index in [2.05, 4.69) is 17.2 Å². The molecule has 0 aromatic rings. The largest absolute Gasteiger partial charge is 0.377 e. The average Bonchev–Trinajstić information content (AvgIpc) is 1.35. The topological polar surface area (TPSA) is 38.0 Å². The summed E-state index contributed by atoms with van der Waals surface area (Å²) in [5, 5.41) is 0.0594. The molecule has 0 amide bonds. The number of hydrogen-bond donors (Lipinski definition) is 2. The third-order valence-corrected chi connectivity index (χ3v) is 1.16. The first-order valence-electron chi connectivity index (χ1n) is 1.36. The van der Waals surface area contributed by atoms with Crippen LogP contribution in [0.2, 0.25) is 0 Å². The summed E-state index contributed by atoms with van der Waals surface area (Å²) in [6, 6.07) is 0. The lowest BCUT2D eigenvalue weighted by atomic mass is 11.3. The molecule has 0 aromatic carbocycles. The van der Waals surface area contributed by atoms with E-state index in [1.807, 2.05) is 0 Å². The molecule has 0 aliphatic carbocycles. The van der Waals surface area contributed by atoms with Gasteiger partial charge in [0.05, 0.1) is 0 Å². The van der Waals surface area contributed by atoms with Crippen molar-refractivity contribution in [3.8, 4) is 0 Å². The van der Waals surface area contributed by atoms with E-state index >= 15 is 0 Å². The molecular formula is CH5FN2SSi. The Bertz CT molecular complexity index is 57.5. The highest BCUT2D eigenvalue weighted by Crippen LogP contribution is 1.52. The van der Waals surface area contributed by atoms with E-state index in [4.69, 9.17) is 5.73 Å². The Morgan fingerprint density at radius 1 is 2.00 bits per heavy atom. The van der Waals surface area contributed by atoms with Crippen LogP contribution in [0.4, 0.5) is 4.11 Å². The Labute approximate surface area is 43.0 Å². The van der Waals surface area contributed by atoms with Gasteiger partial charge in [0.15, 0.2) is 5.11 Å². The van der Waals surface area contributed by atoms with Crippen LogP contribution in [0.3, 0.4) is 0 Å². The highest BCUT2D eigenvalue weighted by Gasteiger charge is 1.78. The van der Waals surface area contributed by atoms with Gasteiger partial charge in [0, 0.05) is 0 Å². The fourth-order valence-corrected chi connectivity index (χ4v) is 0.361. The Kier molecular flexibility index (Phi) is 2.96. The molecule has 0 bridgehead atoms. The van der Waals surface area contributed by atoms with Gasteiger partial charge in [-0.05, 0) is 12.2 Å². The molecule has 0 atom stereocenters. The van der Waals surface area contributed by atoms with Crippen molar-refractivity contribution in [2.45, 2.75) is 0 Å². The van der Waals surface area contributed by atoms with E-state index in [0.29, 0.717) is 0 Å². The summed E-state index contributed by atoms with van der Waals surface area (Å²) in [5.41, 5.74) is 4.82. The first-order valence-corrected chi connectivity index (χ1v) is 3.01. The molecule has 0 radical (unpaired) electrons. The number of rotatable bonds is 1. The summed E-state index contributed by atoms with van der Waals surface area (Å²) in [4.78, 5) is 2.19. The lowest BCUT2D eigenvalue weighted by molar-refractivity contribution is 0.854. The van der Waals surface area contributed by atoms with Gasteiger partial charge < -0.3 is 10.7 Å². The molecule has 3 N–H and O–H groups in total. The van der Waals surface area contributed by atoms with Crippen molar-refractivity contribution in [2.75, 3.05) is 0 Å². The Morgan fingerprint density at radius 3 is 2.50 bits per heavy atom. The highest BCUT2D eigenvalue weighted by molar-refractivity contribution is 7.80. The number of nitrogens with one attached hydrogen (secondary N) is 1. The van der Waals surface area contributed by atoms with E-state index in [1.165, 1.54) is 0 Å². The quantitative estimate of drug-likeness (QED) is 0.262. The fraction of sp³-hybridized carbons (Fsp3) is 0. The summed E-state index contributed by atoms with van der Waals surface area (Å²) in [7, 11) is -1.65. The summed E-state index contributed by atoms with van der Waals surface area (Å²) in [6.45, 7) is 0. The molecule has 36 valence electrons. The maximum Gasteiger partial charge on any atom is 0.318 e. The van der Waals surface area contributed by atoms with E-state index in [-0.39, 0.29) is 5.11 Å². The smallest absolute Gasteiger partial charge is 0.318 e. The molecule has 0 spiro atoms. The number of nitrogens with two attached hydrogens (primary N) is 1. The maximum atomic E-state index is 11.1. The fourth-order valence-electron chi connectivity index (χ4n) is 0.0659. The molecular weight excluding hydrogens is 119 g/mol. The van der Waals surface area contributed by atoms with Crippen LogP contribution in [0, 0.1) is 0 Å². The predicted octanol–water partition coefficient (Wildman–Crippen LogP) is -1.21. The van der Waals surface area contributed by atoms with Crippen molar-refractivity contribution >= 4 is 27.3 Å². The molecule has 2 nitrogen and oxygen atoms in total. The summed E-state index contributed by atoms with van der Waals surface area (Å²) in [6.07, 6.45) is 0. The van der Waals surface area contributed by atoms with Crippen molar-refractivity contribution in [3.05, 3.63) is 0 Å². The van der Waals surface area contributed by atoms with Gasteiger partial charge in [-0.15, -0.1) is 0 Å². The molecule has 0 aliphatic heterocycles. The minimum Gasteiger partial charge on any atom is -0.377 e. The summed E-state index contributed by atoms with van der Waals surface area (Å²) < 4.78 is 11.1. The van der Waals surface area contributed by atoms with E-state index < -0.39 is 10.0 Å². The van der Waals surface area contributed by atoms with Crippen LogP contribution in [0.1, 0.15) is 0 Å². The van der Waals surface area contributed by atoms with Crippen molar-refractivity contribution in [1.82, 2.24) is 4.98 Å². The molecule has 0 fully saturated rings. The van der Waals surface area contributed by atoms with Crippen LogP contribution in [0.5, 0.6) is 0 Å². The minimum absolute atomic E-state index is 0.0594. The van der Waals surface area contributed by atoms with Crippen LogP contribution in [0.25, 0.3) is 0 Å². The number of thiocarbonyl (C=S) groups is 1. The molecule has 5 heteroatoms. The van der Waals surface area contributed by atoms with Crippen LogP contribution < -0.4 is 10.7 Å². The van der Waals surface area contributed by atoms with Gasteiger partial charge in [-0.1, -0.05) is 0 Å². The Morgan fingerprint density at radius 2 is 2.50 bits per heavy atom. The summed E-state index contributed by atoms with van der Waals surface area (Å²) >= 11 is 4.26. The summed E-state index contributed by atoms with van der Waals surface area (Å²) in [5.74, 6) is 0. The third-order valence-electron chi connectivity index (χ3n) is 0.241. The normalized spacial score (nSPS) is 9.50. The van der Waals surface area contributed by atoms with E-state index in [0.717, 1.165) is 0 Å². The van der Waals surface area contributed by atoms with Gasteiger partial charge in [0.1, 0.15) is 0 Å². The molecule has 6 heavy (non-hydrogen) atoms. The van der Waals surface area contributed by atoms with Crippen molar-refractivity contribution in [3.63, 3.8) is 0 Å². The zero-order valence-electron chi connectivity index (χ0n) is 3.07. The monoisotopic (exact) mass is 124 g/mol. The SMILES string of the molecule is NC(=S)N[SiH2]F. The van der Waals surface area contributed by atoms with Crippen LogP contribution in [-0.4, -0.2) is 15.1 Å². The zero-order valence-corrected chi connectivity index (χ0v) is 5.30. The van der Waals surface area contributed by atoms with Crippen molar-refractivity contribution in [2.24, 2.45) is 5.73 Å². The van der Waals surface area contributed by atoms with Gasteiger partial charge in [0.25, 0.3) is 0 Å². The van der Waals surface area contributed by atoms with Crippen molar-refractivity contribution in [1.29, 1.82) is 0 Å². The van der Waals surface area contributed by atoms with Gasteiger partial charge >= 0.3 is 10.0 Å². The Hall–Kier alpha value is -0.163. The minimum atomic E-state index is -1.65. The molecule has 0 heterocycles. The second-order valence-electron chi connectivity index (χ2n) is 0.675. The molecule has 0 saturated heterocycles. The first kappa shape index (κ1) is 5.84. The highest BCUT2D eigenvalue weighted by atomic mass is 32.1. The molecule has 0 rings (SSSR count). The van der Waals surface area contributed by atoms with Gasteiger partial charge in [-0.2, -0.15) is 0 Å². The lowest BCUT2D eigenvalue weighted by Gasteiger charge is -1.89. The third kappa shape index (κ3) is 3.84. The maximum absolute atomic E-state index is 11.1. The second kappa shape index (κ2) is 3.04. The van der Waals surface area contributed by atoms with Crippen LogP contribution in [-0.2, 0) is 0 Å². The Balaban J connectivity index is 2.83. The van der Waals surface area contributed by atoms with Crippen LogP contribution >= 0.6 is 12.2 Å².